The van der Waals surface area contributed by atoms with Crippen LogP contribution in [0.2, 0.25) is 0 Å². The summed E-state index contributed by atoms with van der Waals surface area (Å²) in [5, 5.41) is 14.1. The first-order valence-corrected chi connectivity index (χ1v) is 8.02. The van der Waals surface area contributed by atoms with Gasteiger partial charge < -0.3 is 20.1 Å². The molecule has 0 aromatic carbocycles. The number of rotatable bonds is 5. The molecule has 0 bridgehead atoms. The van der Waals surface area contributed by atoms with Crippen LogP contribution in [-0.4, -0.2) is 62.0 Å². The van der Waals surface area contributed by atoms with Crippen LogP contribution in [0.4, 0.5) is 0 Å². The lowest BCUT2D eigenvalue weighted by atomic mass is 9.84. The lowest BCUT2D eigenvalue weighted by Gasteiger charge is -2.37. The van der Waals surface area contributed by atoms with E-state index in [2.05, 4.69) is 38.2 Å². The second-order valence-corrected chi connectivity index (χ2v) is 7.59. The normalized spacial score (nSPS) is 32.7. The van der Waals surface area contributed by atoms with Crippen molar-refractivity contribution in [1.29, 1.82) is 0 Å². The van der Waals surface area contributed by atoms with Crippen LogP contribution in [0.5, 0.6) is 0 Å². The summed E-state index contributed by atoms with van der Waals surface area (Å²) in [4.78, 5) is 2.32. The van der Waals surface area contributed by atoms with E-state index in [4.69, 9.17) is 4.74 Å². The molecule has 2 unspecified atom stereocenters. The first-order valence-electron chi connectivity index (χ1n) is 8.02. The van der Waals surface area contributed by atoms with Gasteiger partial charge in [0.15, 0.2) is 0 Å². The van der Waals surface area contributed by atoms with Gasteiger partial charge in [-0.1, -0.05) is 13.8 Å². The topological polar surface area (TPSA) is 44.7 Å². The van der Waals surface area contributed by atoms with Crippen molar-refractivity contribution < 1.29 is 9.84 Å². The molecule has 2 atom stereocenters. The third-order valence-corrected chi connectivity index (χ3v) is 5.32. The molecule has 0 aromatic heterocycles. The molecule has 0 amide bonds. The molecule has 0 aromatic rings. The first kappa shape index (κ1) is 16.2. The van der Waals surface area contributed by atoms with E-state index >= 15 is 0 Å². The van der Waals surface area contributed by atoms with Gasteiger partial charge in [-0.2, -0.15) is 0 Å². The Labute approximate surface area is 123 Å². The van der Waals surface area contributed by atoms with Crippen LogP contribution in [0, 0.1) is 11.3 Å². The summed E-state index contributed by atoms with van der Waals surface area (Å²) < 4.78 is 5.35. The van der Waals surface area contributed by atoms with E-state index in [0.29, 0.717) is 30.6 Å². The quantitative estimate of drug-likeness (QED) is 0.803. The van der Waals surface area contributed by atoms with Gasteiger partial charge >= 0.3 is 0 Å². The molecule has 2 aliphatic rings. The molecular weight excluding hydrogens is 252 g/mol. The lowest BCUT2D eigenvalue weighted by Crippen LogP contribution is -2.49. The van der Waals surface area contributed by atoms with Crippen molar-refractivity contribution in [3.8, 4) is 0 Å². The zero-order valence-corrected chi connectivity index (χ0v) is 13.6. The van der Waals surface area contributed by atoms with Gasteiger partial charge in [0.1, 0.15) is 0 Å². The Kier molecular flexibility index (Phi) is 5.11. The van der Waals surface area contributed by atoms with Crippen LogP contribution < -0.4 is 5.32 Å². The molecule has 1 aliphatic heterocycles. The molecule has 1 saturated heterocycles. The van der Waals surface area contributed by atoms with Gasteiger partial charge in [0, 0.05) is 45.2 Å². The van der Waals surface area contributed by atoms with Gasteiger partial charge in [-0.25, -0.2) is 0 Å². The standard InChI is InChI=1S/C16H32N2O2/c1-15(2)6-5-13(14(15)17-3)11-18(4)12-16(19)7-9-20-10-8-16/h13-14,17,19H,5-12H2,1-4H3. The molecule has 118 valence electrons. The minimum Gasteiger partial charge on any atom is -0.388 e. The van der Waals surface area contributed by atoms with E-state index in [-0.39, 0.29) is 0 Å². The van der Waals surface area contributed by atoms with E-state index in [1.54, 1.807) is 0 Å². The molecule has 2 rings (SSSR count). The number of nitrogens with zero attached hydrogens (tertiary/aromatic N) is 1. The van der Waals surface area contributed by atoms with Crippen LogP contribution in [-0.2, 0) is 4.74 Å². The van der Waals surface area contributed by atoms with Crippen LogP contribution in [0.3, 0.4) is 0 Å². The van der Waals surface area contributed by atoms with Crippen molar-refractivity contribution in [1.82, 2.24) is 10.2 Å². The lowest BCUT2D eigenvalue weighted by molar-refractivity contribution is -0.0783. The maximum atomic E-state index is 10.6. The Morgan fingerprint density at radius 3 is 2.50 bits per heavy atom. The highest BCUT2D eigenvalue weighted by atomic mass is 16.5. The summed E-state index contributed by atoms with van der Waals surface area (Å²) in [7, 11) is 4.22. The largest absolute Gasteiger partial charge is 0.388 e. The fourth-order valence-corrected chi connectivity index (χ4v) is 4.22. The van der Waals surface area contributed by atoms with Crippen LogP contribution in [0.15, 0.2) is 0 Å². The second kappa shape index (κ2) is 6.30. The highest BCUT2D eigenvalue weighted by molar-refractivity contribution is 4.97. The Balaban J connectivity index is 1.86. The Morgan fingerprint density at radius 2 is 1.90 bits per heavy atom. The number of ether oxygens (including phenoxy) is 1. The monoisotopic (exact) mass is 284 g/mol. The fraction of sp³-hybridized carbons (Fsp3) is 1.00. The zero-order chi connectivity index (χ0) is 14.8. The van der Waals surface area contributed by atoms with E-state index < -0.39 is 5.60 Å². The van der Waals surface area contributed by atoms with Gasteiger partial charge in [-0.15, -0.1) is 0 Å². The molecule has 4 nitrogen and oxygen atoms in total. The fourth-order valence-electron chi connectivity index (χ4n) is 4.22. The molecule has 1 heterocycles. The zero-order valence-electron chi connectivity index (χ0n) is 13.6. The molecular formula is C16H32N2O2. The minimum atomic E-state index is -0.545. The molecule has 4 heteroatoms. The maximum Gasteiger partial charge on any atom is 0.0817 e. The van der Waals surface area contributed by atoms with E-state index in [9.17, 15) is 5.11 Å². The molecule has 2 N–H and O–H groups in total. The molecule has 1 aliphatic carbocycles. The van der Waals surface area contributed by atoms with E-state index in [1.165, 1.54) is 12.8 Å². The molecule has 2 fully saturated rings. The summed E-state index contributed by atoms with van der Waals surface area (Å²) in [6.45, 7) is 7.95. The highest BCUT2D eigenvalue weighted by Crippen LogP contribution is 2.41. The summed E-state index contributed by atoms with van der Waals surface area (Å²) in [6, 6.07) is 0.578. The third-order valence-electron chi connectivity index (χ3n) is 5.32. The van der Waals surface area contributed by atoms with Crippen LogP contribution in [0.25, 0.3) is 0 Å². The number of aliphatic hydroxyl groups is 1. The Morgan fingerprint density at radius 1 is 1.25 bits per heavy atom. The van der Waals surface area contributed by atoms with Crippen LogP contribution >= 0.6 is 0 Å². The first-order chi connectivity index (χ1) is 9.36. The van der Waals surface area contributed by atoms with Crippen molar-refractivity contribution in [2.75, 3.05) is 40.4 Å². The molecule has 0 spiro atoms. The summed E-state index contributed by atoms with van der Waals surface area (Å²) in [5.74, 6) is 0.684. The van der Waals surface area contributed by atoms with Gasteiger partial charge in [0.2, 0.25) is 0 Å². The predicted octanol–water partition coefficient (Wildman–Crippen LogP) is 1.48. The van der Waals surface area contributed by atoms with Gasteiger partial charge in [0.05, 0.1) is 5.60 Å². The second-order valence-electron chi connectivity index (χ2n) is 7.59. The van der Waals surface area contributed by atoms with Crippen molar-refractivity contribution in [2.24, 2.45) is 11.3 Å². The van der Waals surface area contributed by atoms with Crippen molar-refractivity contribution >= 4 is 0 Å². The van der Waals surface area contributed by atoms with Gasteiger partial charge in [0.25, 0.3) is 0 Å². The minimum absolute atomic E-state index is 0.385. The van der Waals surface area contributed by atoms with Gasteiger partial charge in [-0.05, 0) is 38.3 Å². The maximum absolute atomic E-state index is 10.6. The Bertz CT molecular complexity index is 314. The average Bonchev–Trinajstić information content (AvgIpc) is 2.64. The SMILES string of the molecule is CNC1C(CN(C)CC2(O)CCOCC2)CCC1(C)C. The van der Waals surface area contributed by atoms with Crippen molar-refractivity contribution in [3.05, 3.63) is 0 Å². The summed E-state index contributed by atoms with van der Waals surface area (Å²) in [5.41, 5.74) is -0.161. The predicted molar refractivity (Wildman–Crippen MR) is 81.9 cm³/mol. The van der Waals surface area contributed by atoms with E-state index in [1.807, 2.05) is 0 Å². The van der Waals surface area contributed by atoms with Crippen LogP contribution in [0.1, 0.15) is 39.5 Å². The summed E-state index contributed by atoms with van der Waals surface area (Å²) >= 11 is 0. The average molecular weight is 284 g/mol. The molecule has 20 heavy (non-hydrogen) atoms. The third kappa shape index (κ3) is 3.73. The number of nitrogens with one attached hydrogen (secondary N) is 1. The Hall–Kier alpha value is -0.160. The van der Waals surface area contributed by atoms with Crippen molar-refractivity contribution in [3.63, 3.8) is 0 Å². The molecule has 1 saturated carbocycles. The summed E-state index contributed by atoms with van der Waals surface area (Å²) in [6.07, 6.45) is 4.10. The van der Waals surface area contributed by atoms with E-state index in [0.717, 1.165) is 25.9 Å². The smallest absolute Gasteiger partial charge is 0.0817 e. The highest BCUT2D eigenvalue weighted by Gasteiger charge is 2.41. The molecule has 0 radical (unpaired) electrons. The van der Waals surface area contributed by atoms with Crippen molar-refractivity contribution in [2.45, 2.75) is 51.2 Å². The number of hydrogen-bond donors (Lipinski definition) is 2. The number of likely N-dealkylation sites (N-methyl/N-ethyl adjacent to an activating group) is 1. The number of hydrogen-bond acceptors (Lipinski definition) is 4. The van der Waals surface area contributed by atoms with Gasteiger partial charge in [-0.3, -0.25) is 0 Å².